The lowest BCUT2D eigenvalue weighted by Crippen LogP contribution is -2.08. The Balaban J connectivity index is 2.05. The van der Waals surface area contributed by atoms with Crippen LogP contribution in [0.15, 0.2) is 10.6 Å². The molecule has 2 aromatic rings. The minimum Gasteiger partial charge on any atom is -0.455 e. The summed E-state index contributed by atoms with van der Waals surface area (Å²) in [7, 11) is 1.74. The van der Waals surface area contributed by atoms with E-state index in [1.165, 1.54) is 11.5 Å². The van der Waals surface area contributed by atoms with Crippen LogP contribution in [-0.4, -0.2) is 22.5 Å². The van der Waals surface area contributed by atoms with Crippen LogP contribution in [0.3, 0.4) is 0 Å². The van der Waals surface area contributed by atoms with Gasteiger partial charge in [0.15, 0.2) is 0 Å². The average molecular weight is 267 g/mol. The van der Waals surface area contributed by atoms with Crippen molar-refractivity contribution < 1.29 is 14.1 Å². The second kappa shape index (κ2) is 5.18. The number of hydrogen-bond acceptors (Lipinski definition) is 7. The van der Waals surface area contributed by atoms with E-state index in [-0.39, 0.29) is 6.61 Å². The maximum atomic E-state index is 11.9. The fourth-order valence-corrected chi connectivity index (χ4v) is 2.21. The van der Waals surface area contributed by atoms with Crippen LogP contribution >= 0.6 is 11.5 Å². The quantitative estimate of drug-likeness (QED) is 0.855. The number of anilines is 1. The molecule has 2 rings (SSSR count). The molecule has 0 aliphatic carbocycles. The average Bonchev–Trinajstić information content (AvgIpc) is 2.92. The van der Waals surface area contributed by atoms with Crippen molar-refractivity contribution in [3.8, 4) is 0 Å². The van der Waals surface area contributed by atoms with E-state index in [4.69, 9.17) is 9.26 Å². The number of aryl methyl sites for hydroxylation is 2. The Morgan fingerprint density at radius 2 is 2.33 bits per heavy atom. The molecule has 0 amide bonds. The first-order valence-corrected chi connectivity index (χ1v) is 6.12. The predicted octanol–water partition coefficient (Wildman–Crippen LogP) is 2.15. The Labute approximate surface area is 108 Å². The summed E-state index contributed by atoms with van der Waals surface area (Å²) in [4.78, 5) is 11.9. The molecule has 0 saturated carbocycles. The zero-order valence-electron chi connectivity index (χ0n) is 10.3. The van der Waals surface area contributed by atoms with E-state index in [9.17, 15) is 4.79 Å². The largest absolute Gasteiger partial charge is 0.455 e. The molecule has 2 heterocycles. The van der Waals surface area contributed by atoms with Gasteiger partial charge in [0.1, 0.15) is 28.6 Å². The third-order valence-corrected chi connectivity index (χ3v) is 3.28. The first-order valence-electron chi connectivity index (χ1n) is 5.35. The zero-order valence-corrected chi connectivity index (χ0v) is 11.1. The molecule has 2 aromatic heterocycles. The fourth-order valence-electron chi connectivity index (χ4n) is 1.48. The molecular formula is C11H13N3O3S. The van der Waals surface area contributed by atoms with Crippen molar-refractivity contribution in [2.24, 2.45) is 0 Å². The van der Waals surface area contributed by atoms with Crippen LogP contribution < -0.4 is 5.32 Å². The molecule has 0 fully saturated rings. The van der Waals surface area contributed by atoms with Crippen LogP contribution in [-0.2, 0) is 11.3 Å². The molecule has 18 heavy (non-hydrogen) atoms. The van der Waals surface area contributed by atoms with Crippen LogP contribution in [0.25, 0.3) is 0 Å². The normalized spacial score (nSPS) is 10.4. The lowest BCUT2D eigenvalue weighted by Gasteiger charge is -2.03. The van der Waals surface area contributed by atoms with E-state index in [0.717, 1.165) is 0 Å². The van der Waals surface area contributed by atoms with E-state index >= 15 is 0 Å². The molecule has 0 atom stereocenters. The first kappa shape index (κ1) is 12.6. The number of nitrogens with zero attached hydrogens (tertiary/aromatic N) is 2. The molecule has 7 heteroatoms. The standard InChI is InChI=1S/C11H13N3O3S/c1-6-4-8(13-17-6)5-16-11(15)9-7(2)14-18-10(9)12-3/h4,12H,5H2,1-3H3. The monoisotopic (exact) mass is 267 g/mol. The summed E-state index contributed by atoms with van der Waals surface area (Å²) in [6.07, 6.45) is 0. The highest BCUT2D eigenvalue weighted by atomic mass is 32.1. The van der Waals surface area contributed by atoms with Crippen molar-refractivity contribution in [1.29, 1.82) is 0 Å². The van der Waals surface area contributed by atoms with Crippen molar-refractivity contribution >= 4 is 22.5 Å². The molecule has 0 aromatic carbocycles. The van der Waals surface area contributed by atoms with E-state index in [2.05, 4.69) is 14.8 Å². The van der Waals surface area contributed by atoms with Gasteiger partial charge in [-0.15, -0.1) is 0 Å². The number of carbonyl (C=O) groups is 1. The van der Waals surface area contributed by atoms with Gasteiger partial charge in [0.25, 0.3) is 0 Å². The van der Waals surface area contributed by atoms with Gasteiger partial charge in [-0.05, 0) is 25.4 Å². The summed E-state index contributed by atoms with van der Waals surface area (Å²) < 4.78 is 14.2. The summed E-state index contributed by atoms with van der Waals surface area (Å²) in [6.45, 7) is 3.65. The molecule has 6 nitrogen and oxygen atoms in total. The van der Waals surface area contributed by atoms with Gasteiger partial charge < -0.3 is 14.6 Å². The molecule has 0 aliphatic heterocycles. The third kappa shape index (κ3) is 2.51. The van der Waals surface area contributed by atoms with Gasteiger partial charge in [-0.3, -0.25) is 0 Å². The number of aromatic nitrogens is 2. The number of carbonyl (C=O) groups excluding carboxylic acids is 1. The first-order chi connectivity index (χ1) is 8.61. The molecule has 0 unspecified atom stereocenters. The summed E-state index contributed by atoms with van der Waals surface area (Å²) in [5.74, 6) is 0.275. The van der Waals surface area contributed by atoms with Gasteiger partial charge in [0, 0.05) is 13.1 Å². The van der Waals surface area contributed by atoms with Crippen molar-refractivity contribution in [1.82, 2.24) is 9.53 Å². The molecule has 1 N–H and O–H groups in total. The lowest BCUT2D eigenvalue weighted by atomic mass is 10.2. The number of nitrogens with one attached hydrogen (secondary N) is 1. The number of hydrogen-bond donors (Lipinski definition) is 1. The Bertz CT molecular complexity index is 562. The zero-order chi connectivity index (χ0) is 13.1. The van der Waals surface area contributed by atoms with Crippen LogP contribution in [0.5, 0.6) is 0 Å². The van der Waals surface area contributed by atoms with Crippen molar-refractivity contribution in [3.05, 3.63) is 28.8 Å². The third-order valence-electron chi connectivity index (χ3n) is 2.32. The van der Waals surface area contributed by atoms with Crippen molar-refractivity contribution in [2.75, 3.05) is 12.4 Å². The molecule has 96 valence electrons. The smallest absolute Gasteiger partial charge is 0.343 e. The Hall–Kier alpha value is -1.89. The molecule has 0 radical (unpaired) electrons. The van der Waals surface area contributed by atoms with E-state index in [0.29, 0.717) is 27.7 Å². The summed E-state index contributed by atoms with van der Waals surface area (Å²) >= 11 is 1.23. The highest BCUT2D eigenvalue weighted by molar-refractivity contribution is 7.10. The number of rotatable bonds is 4. The van der Waals surface area contributed by atoms with Gasteiger partial charge in [-0.1, -0.05) is 5.16 Å². The van der Waals surface area contributed by atoms with Crippen LogP contribution in [0.2, 0.25) is 0 Å². The second-order valence-corrected chi connectivity index (χ2v) is 4.50. The van der Waals surface area contributed by atoms with Crippen LogP contribution in [0.4, 0.5) is 5.00 Å². The Morgan fingerprint density at radius 1 is 1.56 bits per heavy atom. The molecule has 0 saturated heterocycles. The fraction of sp³-hybridized carbons (Fsp3) is 0.364. The van der Waals surface area contributed by atoms with Gasteiger partial charge in [0.05, 0.1) is 5.69 Å². The number of ether oxygens (including phenoxy) is 1. The lowest BCUT2D eigenvalue weighted by molar-refractivity contribution is 0.0465. The van der Waals surface area contributed by atoms with Gasteiger partial charge in [-0.2, -0.15) is 4.37 Å². The topological polar surface area (TPSA) is 77.2 Å². The minimum absolute atomic E-state index is 0.0919. The number of esters is 1. The Morgan fingerprint density at radius 3 is 2.94 bits per heavy atom. The van der Waals surface area contributed by atoms with Crippen molar-refractivity contribution in [3.63, 3.8) is 0 Å². The van der Waals surface area contributed by atoms with Gasteiger partial charge in [0.2, 0.25) is 0 Å². The molecule has 0 bridgehead atoms. The summed E-state index contributed by atoms with van der Waals surface area (Å²) in [6, 6.07) is 1.73. The second-order valence-electron chi connectivity index (χ2n) is 3.73. The van der Waals surface area contributed by atoms with Gasteiger partial charge >= 0.3 is 5.97 Å². The molecular weight excluding hydrogens is 254 g/mol. The van der Waals surface area contributed by atoms with Crippen LogP contribution in [0.1, 0.15) is 27.5 Å². The minimum atomic E-state index is -0.411. The molecule has 0 spiro atoms. The van der Waals surface area contributed by atoms with E-state index in [1.807, 2.05) is 0 Å². The van der Waals surface area contributed by atoms with Crippen molar-refractivity contribution in [2.45, 2.75) is 20.5 Å². The maximum Gasteiger partial charge on any atom is 0.343 e. The Kier molecular flexibility index (Phi) is 3.61. The maximum absolute atomic E-state index is 11.9. The highest BCUT2D eigenvalue weighted by Gasteiger charge is 2.19. The van der Waals surface area contributed by atoms with Gasteiger partial charge in [-0.25, -0.2) is 4.79 Å². The van der Waals surface area contributed by atoms with Crippen LogP contribution in [0, 0.1) is 13.8 Å². The summed E-state index contributed by atoms with van der Waals surface area (Å²) in [5, 5.41) is 7.38. The molecule has 0 aliphatic rings. The predicted molar refractivity (Wildman–Crippen MR) is 66.8 cm³/mol. The SMILES string of the molecule is CNc1snc(C)c1C(=O)OCc1cc(C)on1. The van der Waals surface area contributed by atoms with E-state index in [1.54, 1.807) is 27.0 Å². The highest BCUT2D eigenvalue weighted by Crippen LogP contribution is 2.24. The van der Waals surface area contributed by atoms with E-state index < -0.39 is 5.97 Å². The summed E-state index contributed by atoms with van der Waals surface area (Å²) in [5.41, 5.74) is 1.72.